The smallest absolute Gasteiger partial charge is 0.259 e. The average Bonchev–Trinajstić information content (AvgIpc) is 2.91. The first kappa shape index (κ1) is 21.2. The van der Waals surface area contributed by atoms with E-state index in [4.69, 9.17) is 0 Å². The van der Waals surface area contributed by atoms with Crippen molar-refractivity contribution in [3.63, 3.8) is 0 Å². The Labute approximate surface area is 175 Å². The van der Waals surface area contributed by atoms with Crippen LogP contribution in [0, 0.1) is 34.6 Å². The fraction of sp³-hybridized carbons (Fsp3) is 0.409. The number of likely N-dealkylation sites (N-methyl/N-ethyl adjacent to an activating group) is 1. The summed E-state index contributed by atoms with van der Waals surface area (Å²) in [5.74, 6) is 0.474. The van der Waals surface area contributed by atoms with Crippen LogP contribution in [0.3, 0.4) is 0 Å². The summed E-state index contributed by atoms with van der Waals surface area (Å²) in [4.78, 5) is 36.5. The van der Waals surface area contributed by atoms with E-state index >= 15 is 0 Å². The Hall–Kier alpha value is -2.51. The van der Waals surface area contributed by atoms with Gasteiger partial charge in [0.2, 0.25) is 5.91 Å². The van der Waals surface area contributed by atoms with Crippen molar-refractivity contribution in [2.45, 2.75) is 47.6 Å². The number of aromatic amines is 1. The third-order valence-electron chi connectivity index (χ3n) is 5.45. The second-order valence-electron chi connectivity index (χ2n) is 7.83. The molecule has 1 amide bonds. The van der Waals surface area contributed by atoms with Gasteiger partial charge in [0.15, 0.2) is 0 Å². The van der Waals surface area contributed by atoms with Crippen LogP contribution in [0.25, 0.3) is 10.2 Å². The predicted octanol–water partition coefficient (Wildman–Crippen LogP) is 4.16. The van der Waals surface area contributed by atoms with Crippen molar-refractivity contribution >= 4 is 33.1 Å². The van der Waals surface area contributed by atoms with Gasteiger partial charge in [0.25, 0.3) is 5.56 Å². The summed E-state index contributed by atoms with van der Waals surface area (Å²) in [7, 11) is 1.86. The van der Waals surface area contributed by atoms with Crippen molar-refractivity contribution in [2.75, 3.05) is 18.9 Å². The summed E-state index contributed by atoms with van der Waals surface area (Å²) in [6.07, 6.45) is 0. The van der Waals surface area contributed by atoms with Gasteiger partial charge >= 0.3 is 0 Å². The fourth-order valence-corrected chi connectivity index (χ4v) is 4.63. The van der Waals surface area contributed by atoms with Crippen molar-refractivity contribution in [1.29, 1.82) is 0 Å². The molecule has 2 aromatic heterocycles. The maximum atomic E-state index is 12.6. The maximum Gasteiger partial charge on any atom is 0.259 e. The van der Waals surface area contributed by atoms with E-state index in [9.17, 15) is 9.59 Å². The first-order valence-electron chi connectivity index (χ1n) is 9.66. The van der Waals surface area contributed by atoms with Crippen molar-refractivity contribution in [3.8, 4) is 0 Å². The number of fused-ring (bicyclic) bond motifs is 1. The Morgan fingerprint density at radius 1 is 1.21 bits per heavy atom. The van der Waals surface area contributed by atoms with Crippen molar-refractivity contribution in [3.05, 3.63) is 55.4 Å². The molecule has 0 aliphatic heterocycles. The second-order valence-corrected chi connectivity index (χ2v) is 9.03. The second kappa shape index (κ2) is 8.08. The molecule has 3 rings (SSSR count). The van der Waals surface area contributed by atoms with Gasteiger partial charge in [-0.25, -0.2) is 4.98 Å². The lowest BCUT2D eigenvalue weighted by Gasteiger charge is -2.23. The zero-order valence-corrected chi connectivity index (χ0v) is 18.9. The lowest BCUT2D eigenvalue weighted by molar-refractivity contribution is -0.117. The SMILES string of the molecule is Cc1cc(C)c(NC(=O)CN(C)C(C)c2nc3sc(C)c(C)c3c(=O)[nH]2)c(C)c1. The van der Waals surface area contributed by atoms with Gasteiger partial charge < -0.3 is 10.3 Å². The van der Waals surface area contributed by atoms with Crippen LogP contribution < -0.4 is 10.9 Å². The summed E-state index contributed by atoms with van der Waals surface area (Å²) in [5, 5.41) is 3.69. The van der Waals surface area contributed by atoms with E-state index in [0.29, 0.717) is 11.2 Å². The van der Waals surface area contributed by atoms with Gasteiger partial charge in [-0.2, -0.15) is 0 Å². The number of carbonyl (C=O) groups is 1. The molecule has 0 bridgehead atoms. The van der Waals surface area contributed by atoms with Gasteiger partial charge in [0.1, 0.15) is 10.7 Å². The largest absolute Gasteiger partial charge is 0.324 e. The number of aromatic nitrogens is 2. The van der Waals surface area contributed by atoms with Crippen molar-refractivity contribution in [2.24, 2.45) is 0 Å². The zero-order valence-electron chi connectivity index (χ0n) is 18.1. The molecular formula is C22H28N4O2S. The minimum absolute atomic E-state index is 0.0966. The highest BCUT2D eigenvalue weighted by Crippen LogP contribution is 2.27. The molecule has 7 heteroatoms. The molecule has 0 saturated heterocycles. The molecule has 0 aliphatic carbocycles. The number of amides is 1. The molecule has 0 spiro atoms. The number of nitrogens with one attached hydrogen (secondary N) is 2. The Kier molecular flexibility index (Phi) is 5.91. The zero-order chi connectivity index (χ0) is 21.5. The number of H-pyrrole nitrogens is 1. The highest BCUT2D eigenvalue weighted by Gasteiger charge is 2.20. The van der Waals surface area contributed by atoms with Gasteiger partial charge in [-0.05, 0) is 65.3 Å². The average molecular weight is 413 g/mol. The molecule has 0 radical (unpaired) electrons. The lowest BCUT2D eigenvalue weighted by Crippen LogP contribution is -2.34. The lowest BCUT2D eigenvalue weighted by atomic mass is 10.1. The van der Waals surface area contributed by atoms with Gasteiger partial charge in [-0.3, -0.25) is 14.5 Å². The molecule has 3 aromatic rings. The highest BCUT2D eigenvalue weighted by molar-refractivity contribution is 7.18. The quantitative estimate of drug-likeness (QED) is 0.660. The number of aryl methyl sites for hydroxylation is 5. The molecule has 6 nitrogen and oxygen atoms in total. The van der Waals surface area contributed by atoms with Gasteiger partial charge in [0.05, 0.1) is 18.0 Å². The normalized spacial score (nSPS) is 12.6. The van der Waals surface area contributed by atoms with E-state index < -0.39 is 0 Å². The molecule has 0 saturated carbocycles. The summed E-state index contributed by atoms with van der Waals surface area (Å²) in [6, 6.07) is 3.91. The summed E-state index contributed by atoms with van der Waals surface area (Å²) in [5.41, 5.74) is 4.99. The number of thiophene rings is 1. The van der Waals surface area contributed by atoms with Crippen LogP contribution in [0.1, 0.15) is 45.9 Å². The Morgan fingerprint density at radius 2 is 1.83 bits per heavy atom. The Balaban J connectivity index is 1.77. The maximum absolute atomic E-state index is 12.6. The monoisotopic (exact) mass is 412 g/mol. The number of rotatable bonds is 5. The molecule has 154 valence electrons. The number of hydrogen-bond donors (Lipinski definition) is 2. The van der Waals surface area contributed by atoms with E-state index in [-0.39, 0.29) is 24.1 Å². The van der Waals surface area contributed by atoms with Crippen LogP contribution in [0.5, 0.6) is 0 Å². The number of hydrogen-bond acceptors (Lipinski definition) is 5. The molecule has 1 aromatic carbocycles. The van der Waals surface area contributed by atoms with Gasteiger partial charge in [0, 0.05) is 10.6 Å². The molecule has 0 fully saturated rings. The minimum atomic E-state index is -0.208. The first-order valence-corrected chi connectivity index (χ1v) is 10.5. The van der Waals surface area contributed by atoms with E-state index in [0.717, 1.165) is 32.1 Å². The predicted molar refractivity (Wildman–Crippen MR) is 120 cm³/mol. The highest BCUT2D eigenvalue weighted by atomic mass is 32.1. The summed E-state index contributed by atoms with van der Waals surface area (Å²) < 4.78 is 0. The van der Waals surface area contributed by atoms with Crippen molar-refractivity contribution < 1.29 is 4.79 Å². The molecule has 29 heavy (non-hydrogen) atoms. The van der Waals surface area contributed by atoms with Crippen LogP contribution in [-0.4, -0.2) is 34.4 Å². The van der Waals surface area contributed by atoms with Gasteiger partial charge in [-0.1, -0.05) is 17.7 Å². The fourth-order valence-electron chi connectivity index (χ4n) is 3.60. The van der Waals surface area contributed by atoms with Crippen LogP contribution >= 0.6 is 11.3 Å². The number of anilines is 1. The first-order chi connectivity index (χ1) is 13.6. The molecule has 0 aliphatic rings. The Morgan fingerprint density at radius 3 is 2.45 bits per heavy atom. The minimum Gasteiger partial charge on any atom is -0.324 e. The van der Waals surface area contributed by atoms with Gasteiger partial charge in [-0.15, -0.1) is 11.3 Å². The van der Waals surface area contributed by atoms with Crippen LogP contribution in [-0.2, 0) is 4.79 Å². The van der Waals surface area contributed by atoms with Crippen LogP contribution in [0.2, 0.25) is 0 Å². The van der Waals surface area contributed by atoms with E-state index in [1.54, 1.807) is 0 Å². The molecular weight excluding hydrogens is 384 g/mol. The third kappa shape index (κ3) is 4.26. The Bertz CT molecular complexity index is 1120. The molecule has 2 heterocycles. The number of nitrogens with zero attached hydrogens (tertiary/aromatic N) is 2. The summed E-state index contributed by atoms with van der Waals surface area (Å²) in [6.45, 7) is 12.1. The molecule has 2 N–H and O–H groups in total. The number of carbonyl (C=O) groups excluding carboxylic acids is 1. The van der Waals surface area contributed by atoms with Crippen LogP contribution in [0.15, 0.2) is 16.9 Å². The van der Waals surface area contributed by atoms with Crippen molar-refractivity contribution in [1.82, 2.24) is 14.9 Å². The summed E-state index contributed by atoms with van der Waals surface area (Å²) >= 11 is 1.53. The number of benzene rings is 1. The van der Waals surface area contributed by atoms with Crippen LogP contribution in [0.4, 0.5) is 5.69 Å². The standard InChI is InChI=1S/C22H28N4O2S/c1-11-8-12(2)19(13(3)9-11)23-17(27)10-26(7)15(5)20-24-21(28)18-14(4)16(6)29-22(18)25-20/h8-9,15H,10H2,1-7H3,(H,23,27)(H,24,25,28). The molecule has 1 unspecified atom stereocenters. The topological polar surface area (TPSA) is 78.1 Å². The molecule has 1 atom stereocenters. The van der Waals surface area contributed by atoms with E-state index in [2.05, 4.69) is 27.4 Å². The third-order valence-corrected chi connectivity index (χ3v) is 6.55. The van der Waals surface area contributed by atoms with E-state index in [1.165, 1.54) is 16.9 Å². The van der Waals surface area contributed by atoms with E-state index in [1.807, 2.05) is 53.5 Å².